The highest BCUT2D eigenvalue weighted by atomic mass is 35.5. The molecule has 2 rings (SSSR count). The summed E-state index contributed by atoms with van der Waals surface area (Å²) in [5, 5.41) is 3.87. The molecule has 0 aliphatic rings. The van der Waals surface area contributed by atoms with Gasteiger partial charge in [0.25, 0.3) is 0 Å². The lowest BCUT2D eigenvalue weighted by atomic mass is 10.2. The molecule has 0 amide bonds. The van der Waals surface area contributed by atoms with Gasteiger partial charge in [-0.2, -0.15) is 0 Å². The Bertz CT molecular complexity index is 439. The van der Waals surface area contributed by atoms with E-state index >= 15 is 0 Å². The molecule has 14 heavy (non-hydrogen) atoms. The maximum Gasteiger partial charge on any atom is 0.121 e. The summed E-state index contributed by atoms with van der Waals surface area (Å²) in [6, 6.07) is 5.83. The summed E-state index contributed by atoms with van der Waals surface area (Å²) in [5.41, 5.74) is 0. The fourth-order valence-corrected chi connectivity index (χ4v) is 2.46. The Balaban J connectivity index is 2.38. The van der Waals surface area contributed by atoms with Gasteiger partial charge in [0.2, 0.25) is 0 Å². The first-order valence-corrected chi connectivity index (χ1v) is 5.96. The summed E-state index contributed by atoms with van der Waals surface area (Å²) in [6.07, 6.45) is 0. The summed E-state index contributed by atoms with van der Waals surface area (Å²) >= 11 is 13.2. The van der Waals surface area contributed by atoms with E-state index < -0.39 is 0 Å². The molecule has 1 heterocycles. The van der Waals surface area contributed by atoms with Crippen molar-refractivity contribution in [1.82, 2.24) is 0 Å². The Morgan fingerprint density at radius 1 is 1.36 bits per heavy atom. The highest BCUT2D eigenvalue weighted by Crippen LogP contribution is 2.32. The maximum atomic E-state index is 6.08. The Labute approximate surface area is 96.2 Å². The van der Waals surface area contributed by atoms with Gasteiger partial charge in [0.1, 0.15) is 12.4 Å². The molecule has 0 unspecified atom stereocenters. The molecule has 0 bridgehead atoms. The summed E-state index contributed by atoms with van der Waals surface area (Å²) in [4.78, 5) is 0. The quantitative estimate of drug-likeness (QED) is 0.739. The predicted octanol–water partition coefficient (Wildman–Crippen LogP) is 4.17. The van der Waals surface area contributed by atoms with E-state index in [9.17, 15) is 0 Å². The molecule has 4 heteroatoms. The van der Waals surface area contributed by atoms with Crippen LogP contribution in [-0.4, -0.2) is 12.5 Å². The van der Waals surface area contributed by atoms with Crippen LogP contribution >= 0.6 is 34.5 Å². The van der Waals surface area contributed by atoms with Crippen LogP contribution in [0.4, 0.5) is 0 Å². The molecule has 74 valence electrons. The van der Waals surface area contributed by atoms with Crippen molar-refractivity contribution in [3.8, 4) is 5.75 Å². The molecule has 1 aromatic heterocycles. The zero-order valence-electron chi connectivity index (χ0n) is 7.30. The Morgan fingerprint density at radius 2 is 2.21 bits per heavy atom. The van der Waals surface area contributed by atoms with E-state index in [2.05, 4.69) is 0 Å². The van der Waals surface area contributed by atoms with Gasteiger partial charge in [-0.1, -0.05) is 11.6 Å². The molecule has 0 N–H and O–H groups in total. The monoisotopic (exact) mass is 246 g/mol. The lowest BCUT2D eigenvalue weighted by molar-refractivity contribution is 0.343. The number of benzene rings is 1. The first-order chi connectivity index (χ1) is 6.81. The molecule has 0 aliphatic carbocycles. The number of rotatable bonds is 3. The van der Waals surface area contributed by atoms with Gasteiger partial charge in [-0.15, -0.1) is 22.9 Å². The van der Waals surface area contributed by atoms with Crippen molar-refractivity contribution in [3.05, 3.63) is 28.6 Å². The molecule has 0 fully saturated rings. The first kappa shape index (κ1) is 10.1. The minimum Gasteiger partial charge on any atom is -0.492 e. The second kappa shape index (κ2) is 4.39. The van der Waals surface area contributed by atoms with Gasteiger partial charge in [-0.05, 0) is 22.9 Å². The number of ether oxygens (including phenoxy) is 1. The predicted molar refractivity (Wildman–Crippen MR) is 63.1 cm³/mol. The van der Waals surface area contributed by atoms with Gasteiger partial charge >= 0.3 is 0 Å². The fraction of sp³-hybridized carbons (Fsp3) is 0.200. The van der Waals surface area contributed by atoms with E-state index in [0.717, 1.165) is 20.9 Å². The standard InChI is InChI=1S/C10H8Cl2OS/c11-2-3-13-8-5-7-1-4-14-10(7)9(12)6-8/h1,4-6H,2-3H2. The van der Waals surface area contributed by atoms with Gasteiger partial charge in [-0.3, -0.25) is 0 Å². The summed E-state index contributed by atoms with van der Waals surface area (Å²) in [6.45, 7) is 0.507. The molecule has 0 spiro atoms. The normalized spacial score (nSPS) is 10.7. The molecule has 0 aliphatic heterocycles. The van der Waals surface area contributed by atoms with Crippen LogP contribution in [0.25, 0.3) is 10.1 Å². The van der Waals surface area contributed by atoms with E-state index in [0.29, 0.717) is 12.5 Å². The van der Waals surface area contributed by atoms with Crippen molar-refractivity contribution in [2.24, 2.45) is 0 Å². The van der Waals surface area contributed by atoms with Crippen molar-refractivity contribution in [3.63, 3.8) is 0 Å². The van der Waals surface area contributed by atoms with E-state index in [1.54, 1.807) is 11.3 Å². The molecule has 0 atom stereocenters. The van der Waals surface area contributed by atoms with E-state index in [4.69, 9.17) is 27.9 Å². The zero-order valence-corrected chi connectivity index (χ0v) is 9.62. The van der Waals surface area contributed by atoms with Crippen LogP contribution in [0.15, 0.2) is 23.6 Å². The number of hydrogen-bond acceptors (Lipinski definition) is 2. The van der Waals surface area contributed by atoms with Gasteiger partial charge in [-0.25, -0.2) is 0 Å². The third-order valence-corrected chi connectivity index (χ3v) is 3.35. The number of hydrogen-bond donors (Lipinski definition) is 0. The lowest BCUT2D eigenvalue weighted by Crippen LogP contribution is -1.97. The first-order valence-electron chi connectivity index (χ1n) is 4.17. The van der Waals surface area contributed by atoms with Gasteiger partial charge < -0.3 is 4.74 Å². The minimum absolute atomic E-state index is 0.485. The van der Waals surface area contributed by atoms with Crippen molar-refractivity contribution < 1.29 is 4.74 Å². The SMILES string of the molecule is ClCCOc1cc(Cl)c2sccc2c1. The summed E-state index contributed by atoms with van der Waals surface area (Å²) in [5.74, 6) is 1.26. The van der Waals surface area contributed by atoms with Crippen LogP contribution in [0.1, 0.15) is 0 Å². The molecule has 1 nitrogen and oxygen atoms in total. The third-order valence-electron chi connectivity index (χ3n) is 1.83. The highest BCUT2D eigenvalue weighted by Gasteiger charge is 2.03. The number of halogens is 2. The van der Waals surface area contributed by atoms with Crippen molar-refractivity contribution in [1.29, 1.82) is 0 Å². The van der Waals surface area contributed by atoms with Crippen molar-refractivity contribution >= 4 is 44.6 Å². The highest BCUT2D eigenvalue weighted by molar-refractivity contribution is 7.17. The second-order valence-corrected chi connectivity index (χ2v) is 4.48. The van der Waals surface area contributed by atoms with Crippen LogP contribution in [0.3, 0.4) is 0 Å². The number of thiophene rings is 1. The minimum atomic E-state index is 0.485. The van der Waals surface area contributed by atoms with Crippen molar-refractivity contribution in [2.45, 2.75) is 0 Å². The van der Waals surface area contributed by atoms with Gasteiger partial charge in [0, 0.05) is 6.07 Å². The van der Waals surface area contributed by atoms with Crippen LogP contribution in [0.2, 0.25) is 5.02 Å². The average Bonchev–Trinajstić information content (AvgIpc) is 2.63. The van der Waals surface area contributed by atoms with E-state index in [1.807, 2.05) is 23.6 Å². The van der Waals surface area contributed by atoms with Crippen LogP contribution in [-0.2, 0) is 0 Å². The Kier molecular flexibility index (Phi) is 3.16. The smallest absolute Gasteiger partial charge is 0.121 e. The lowest BCUT2D eigenvalue weighted by Gasteiger charge is -2.04. The molecule has 0 radical (unpaired) electrons. The summed E-state index contributed by atoms with van der Waals surface area (Å²) in [7, 11) is 0. The van der Waals surface area contributed by atoms with E-state index in [-0.39, 0.29) is 0 Å². The number of fused-ring (bicyclic) bond motifs is 1. The van der Waals surface area contributed by atoms with Crippen LogP contribution < -0.4 is 4.74 Å². The molecule has 0 saturated carbocycles. The van der Waals surface area contributed by atoms with Gasteiger partial charge in [0.05, 0.1) is 15.6 Å². The molecular weight excluding hydrogens is 239 g/mol. The average molecular weight is 247 g/mol. The molecule has 1 aromatic carbocycles. The van der Waals surface area contributed by atoms with Crippen molar-refractivity contribution in [2.75, 3.05) is 12.5 Å². The topological polar surface area (TPSA) is 9.23 Å². The molecule has 0 saturated heterocycles. The maximum absolute atomic E-state index is 6.08. The summed E-state index contributed by atoms with van der Waals surface area (Å²) < 4.78 is 6.50. The third kappa shape index (κ3) is 1.97. The number of alkyl halides is 1. The zero-order chi connectivity index (χ0) is 9.97. The van der Waals surface area contributed by atoms with E-state index in [1.165, 1.54) is 0 Å². The van der Waals surface area contributed by atoms with Crippen LogP contribution in [0, 0.1) is 0 Å². The fourth-order valence-electron chi connectivity index (χ4n) is 1.25. The largest absolute Gasteiger partial charge is 0.492 e. The van der Waals surface area contributed by atoms with Crippen LogP contribution in [0.5, 0.6) is 5.75 Å². The van der Waals surface area contributed by atoms with Gasteiger partial charge in [0.15, 0.2) is 0 Å². The Hall–Kier alpha value is -0.440. The molecular formula is C10H8Cl2OS. The Morgan fingerprint density at radius 3 is 3.00 bits per heavy atom. The second-order valence-electron chi connectivity index (χ2n) is 2.78. The molecule has 2 aromatic rings.